The van der Waals surface area contributed by atoms with Crippen LogP contribution in [0.2, 0.25) is 0 Å². The number of rotatable bonds is 2. The van der Waals surface area contributed by atoms with Crippen molar-refractivity contribution >= 4 is 56.9 Å². The number of hydrogen-bond donors (Lipinski definition) is 0. The molecule has 1 aromatic heterocycles. The van der Waals surface area contributed by atoms with Gasteiger partial charge in [-0.2, -0.15) is 0 Å². The van der Waals surface area contributed by atoms with Crippen molar-refractivity contribution in [3.8, 4) is 0 Å². The molecule has 0 radical (unpaired) electrons. The predicted octanol–water partition coefficient (Wildman–Crippen LogP) is 4.89. The first-order chi connectivity index (χ1) is 12.0. The van der Waals surface area contributed by atoms with E-state index in [1.165, 1.54) is 11.8 Å². The number of carbonyl (C=O) groups excluding carboxylic acids is 1. The van der Waals surface area contributed by atoms with E-state index in [1.807, 2.05) is 62.6 Å². The molecule has 3 nitrogen and oxygen atoms in total. The second kappa shape index (κ2) is 6.17. The third-order valence-corrected chi connectivity index (χ3v) is 5.60. The fourth-order valence-corrected chi connectivity index (χ4v) is 4.30. The summed E-state index contributed by atoms with van der Waals surface area (Å²) in [6, 6.07) is 16.0. The summed E-state index contributed by atoms with van der Waals surface area (Å²) >= 11 is 6.80. The SMILES string of the molecule is Cc1ccc(N2C(=O)C(=Cc3cn(C)c4ccccc34)SC2=S)cc1. The van der Waals surface area contributed by atoms with Crippen LogP contribution in [0, 0.1) is 6.92 Å². The van der Waals surface area contributed by atoms with E-state index in [0.29, 0.717) is 9.23 Å². The number of thiocarbonyl (C=S) groups is 1. The molecule has 25 heavy (non-hydrogen) atoms. The van der Waals surface area contributed by atoms with E-state index in [4.69, 9.17) is 12.2 Å². The Morgan fingerprint density at radius 3 is 2.56 bits per heavy atom. The summed E-state index contributed by atoms with van der Waals surface area (Å²) in [6.45, 7) is 2.02. The zero-order chi connectivity index (χ0) is 17.6. The molecule has 0 aliphatic carbocycles. The van der Waals surface area contributed by atoms with Crippen LogP contribution in [0.25, 0.3) is 17.0 Å². The first kappa shape index (κ1) is 16.1. The Balaban J connectivity index is 1.74. The molecular weight excluding hydrogens is 348 g/mol. The van der Waals surface area contributed by atoms with Crippen LogP contribution < -0.4 is 4.90 Å². The Labute approximate surface area is 155 Å². The Morgan fingerprint density at radius 1 is 1.08 bits per heavy atom. The minimum absolute atomic E-state index is 0.0632. The molecule has 124 valence electrons. The standard InChI is InChI=1S/C20H16N2OS2/c1-13-7-9-15(10-8-13)22-19(23)18(25-20(22)24)11-14-12-21(2)17-6-4-3-5-16(14)17/h3-12H,1-2H3. The van der Waals surface area contributed by atoms with Gasteiger partial charge in [-0.15, -0.1) is 0 Å². The fraction of sp³-hybridized carbons (Fsp3) is 0.100. The van der Waals surface area contributed by atoms with E-state index in [9.17, 15) is 4.79 Å². The summed E-state index contributed by atoms with van der Waals surface area (Å²) in [5, 5.41) is 1.13. The molecule has 2 heterocycles. The van der Waals surface area contributed by atoms with Gasteiger partial charge in [0.25, 0.3) is 5.91 Å². The van der Waals surface area contributed by atoms with Gasteiger partial charge in [0.15, 0.2) is 4.32 Å². The number of anilines is 1. The molecule has 4 rings (SSSR count). The van der Waals surface area contributed by atoms with Crippen LogP contribution in [-0.4, -0.2) is 14.8 Å². The van der Waals surface area contributed by atoms with Crippen LogP contribution in [0.5, 0.6) is 0 Å². The van der Waals surface area contributed by atoms with E-state index in [1.54, 1.807) is 4.90 Å². The topological polar surface area (TPSA) is 25.2 Å². The molecule has 0 N–H and O–H groups in total. The lowest BCUT2D eigenvalue weighted by Gasteiger charge is -2.14. The van der Waals surface area contributed by atoms with Gasteiger partial charge in [0.1, 0.15) is 0 Å². The van der Waals surface area contributed by atoms with Gasteiger partial charge >= 0.3 is 0 Å². The molecule has 0 saturated carbocycles. The molecule has 0 bridgehead atoms. The summed E-state index contributed by atoms with van der Waals surface area (Å²) in [5.74, 6) is -0.0632. The van der Waals surface area contributed by atoms with Crippen LogP contribution >= 0.6 is 24.0 Å². The zero-order valence-corrected chi connectivity index (χ0v) is 15.5. The number of benzene rings is 2. The van der Waals surface area contributed by atoms with E-state index < -0.39 is 0 Å². The highest BCUT2D eigenvalue weighted by Gasteiger charge is 2.33. The van der Waals surface area contributed by atoms with Crippen molar-refractivity contribution in [3.05, 3.63) is 70.8 Å². The summed E-state index contributed by atoms with van der Waals surface area (Å²) < 4.78 is 2.64. The van der Waals surface area contributed by atoms with Crippen molar-refractivity contribution in [2.24, 2.45) is 7.05 Å². The summed E-state index contributed by atoms with van der Waals surface area (Å²) in [7, 11) is 2.01. The highest BCUT2D eigenvalue weighted by atomic mass is 32.2. The van der Waals surface area contributed by atoms with E-state index in [-0.39, 0.29) is 5.91 Å². The molecule has 2 aromatic carbocycles. The molecule has 3 aromatic rings. The maximum absolute atomic E-state index is 12.9. The van der Waals surface area contributed by atoms with Crippen LogP contribution in [-0.2, 0) is 11.8 Å². The number of hydrogen-bond acceptors (Lipinski definition) is 3. The fourth-order valence-electron chi connectivity index (χ4n) is 3.01. The Kier molecular flexibility index (Phi) is 3.98. The number of para-hydroxylation sites is 1. The first-order valence-corrected chi connectivity index (χ1v) is 9.16. The van der Waals surface area contributed by atoms with Crippen molar-refractivity contribution in [3.63, 3.8) is 0 Å². The number of fused-ring (bicyclic) bond motifs is 1. The van der Waals surface area contributed by atoms with Crippen molar-refractivity contribution in [2.75, 3.05) is 4.90 Å². The largest absolute Gasteiger partial charge is 0.350 e. The van der Waals surface area contributed by atoms with Gasteiger partial charge in [-0.3, -0.25) is 9.69 Å². The second-order valence-corrected chi connectivity index (χ2v) is 7.74. The third kappa shape index (κ3) is 2.79. The minimum Gasteiger partial charge on any atom is -0.350 e. The highest BCUT2D eigenvalue weighted by Crippen LogP contribution is 2.37. The number of thioether (sulfide) groups is 1. The average Bonchev–Trinajstić information content (AvgIpc) is 3.06. The second-order valence-electron chi connectivity index (χ2n) is 6.07. The number of aryl methyl sites for hydroxylation is 2. The molecule has 1 aliphatic heterocycles. The lowest BCUT2D eigenvalue weighted by molar-refractivity contribution is -0.113. The molecular formula is C20H16N2OS2. The molecule has 0 unspecified atom stereocenters. The monoisotopic (exact) mass is 364 g/mol. The van der Waals surface area contributed by atoms with Gasteiger partial charge in [-0.1, -0.05) is 59.9 Å². The van der Waals surface area contributed by atoms with Crippen LogP contribution in [0.15, 0.2) is 59.6 Å². The van der Waals surface area contributed by atoms with Crippen LogP contribution in [0.4, 0.5) is 5.69 Å². The number of carbonyl (C=O) groups is 1. The molecule has 0 atom stereocenters. The van der Waals surface area contributed by atoms with Gasteiger partial charge in [0.2, 0.25) is 0 Å². The maximum atomic E-state index is 12.9. The van der Waals surface area contributed by atoms with Crippen molar-refractivity contribution in [1.82, 2.24) is 4.57 Å². The van der Waals surface area contributed by atoms with E-state index >= 15 is 0 Å². The maximum Gasteiger partial charge on any atom is 0.270 e. The highest BCUT2D eigenvalue weighted by molar-refractivity contribution is 8.27. The smallest absolute Gasteiger partial charge is 0.270 e. The van der Waals surface area contributed by atoms with Gasteiger partial charge in [-0.25, -0.2) is 0 Å². The molecule has 5 heteroatoms. The van der Waals surface area contributed by atoms with Crippen molar-refractivity contribution in [1.29, 1.82) is 0 Å². The molecule has 1 saturated heterocycles. The number of amides is 1. The van der Waals surface area contributed by atoms with Gasteiger partial charge in [-0.05, 0) is 31.2 Å². The van der Waals surface area contributed by atoms with Crippen molar-refractivity contribution in [2.45, 2.75) is 6.92 Å². The number of nitrogens with zero attached hydrogens (tertiary/aromatic N) is 2. The quantitative estimate of drug-likeness (QED) is 0.478. The summed E-state index contributed by atoms with van der Waals surface area (Å²) in [4.78, 5) is 15.2. The Morgan fingerprint density at radius 2 is 1.80 bits per heavy atom. The van der Waals surface area contributed by atoms with Crippen molar-refractivity contribution < 1.29 is 4.79 Å². The number of aromatic nitrogens is 1. The molecule has 1 amide bonds. The normalized spacial score (nSPS) is 16.4. The minimum atomic E-state index is -0.0632. The summed E-state index contributed by atoms with van der Waals surface area (Å²) in [5.41, 5.74) is 4.14. The van der Waals surface area contributed by atoms with Gasteiger partial charge in [0.05, 0.1) is 10.6 Å². The lowest BCUT2D eigenvalue weighted by atomic mass is 10.1. The van der Waals surface area contributed by atoms with E-state index in [2.05, 4.69) is 16.7 Å². The van der Waals surface area contributed by atoms with Gasteiger partial charge in [0, 0.05) is 29.7 Å². The Hall–Kier alpha value is -2.37. The average molecular weight is 364 g/mol. The first-order valence-electron chi connectivity index (χ1n) is 7.93. The molecule has 1 fully saturated rings. The molecule has 1 aliphatic rings. The zero-order valence-electron chi connectivity index (χ0n) is 13.9. The summed E-state index contributed by atoms with van der Waals surface area (Å²) in [6.07, 6.45) is 3.99. The molecule has 0 spiro atoms. The third-order valence-electron chi connectivity index (χ3n) is 4.30. The van der Waals surface area contributed by atoms with Crippen LogP contribution in [0.1, 0.15) is 11.1 Å². The van der Waals surface area contributed by atoms with E-state index in [0.717, 1.165) is 27.7 Å². The van der Waals surface area contributed by atoms with Gasteiger partial charge < -0.3 is 4.57 Å². The van der Waals surface area contributed by atoms with Crippen LogP contribution in [0.3, 0.4) is 0 Å². The Bertz CT molecular complexity index is 1030. The lowest BCUT2D eigenvalue weighted by Crippen LogP contribution is -2.27. The predicted molar refractivity (Wildman–Crippen MR) is 110 cm³/mol.